The van der Waals surface area contributed by atoms with Crippen LogP contribution in [0.2, 0.25) is 5.02 Å². The van der Waals surface area contributed by atoms with Crippen molar-refractivity contribution in [3.05, 3.63) is 46.6 Å². The molecular formula is C13H12ClN3OS. The molecule has 6 heteroatoms. The van der Waals surface area contributed by atoms with Crippen molar-refractivity contribution in [3.63, 3.8) is 0 Å². The number of aromatic nitrogens is 2. The van der Waals surface area contributed by atoms with Crippen LogP contribution in [0.5, 0.6) is 5.88 Å². The monoisotopic (exact) mass is 293 g/mol. The van der Waals surface area contributed by atoms with E-state index < -0.39 is 0 Å². The third-order valence-electron chi connectivity index (χ3n) is 2.84. The maximum Gasteiger partial charge on any atom is 0.238 e. The van der Waals surface area contributed by atoms with Gasteiger partial charge < -0.3 is 10.1 Å². The van der Waals surface area contributed by atoms with Crippen LogP contribution in [0.4, 0.5) is 5.69 Å². The number of imidazole rings is 1. The number of anilines is 1. The minimum absolute atomic E-state index is 0.602. The minimum atomic E-state index is 0.602. The average Bonchev–Trinajstić information content (AvgIpc) is 2.98. The summed E-state index contributed by atoms with van der Waals surface area (Å²) in [5.74, 6) is 0.645. The molecule has 0 bridgehead atoms. The molecule has 0 radical (unpaired) electrons. The largest absolute Gasteiger partial charge is 0.480 e. The summed E-state index contributed by atoms with van der Waals surface area (Å²) >= 11 is 7.70. The summed E-state index contributed by atoms with van der Waals surface area (Å²) in [6.07, 6.45) is 1.99. The second-order valence-electron chi connectivity index (χ2n) is 3.96. The van der Waals surface area contributed by atoms with Gasteiger partial charge in [0, 0.05) is 11.6 Å². The summed E-state index contributed by atoms with van der Waals surface area (Å²) in [4.78, 5) is 5.34. The van der Waals surface area contributed by atoms with Gasteiger partial charge in [-0.15, -0.1) is 11.3 Å². The smallest absolute Gasteiger partial charge is 0.238 e. The second kappa shape index (κ2) is 5.11. The number of fused-ring (bicyclic) bond motifs is 1. The van der Waals surface area contributed by atoms with Crippen molar-refractivity contribution in [2.75, 3.05) is 12.4 Å². The Kier molecular flexibility index (Phi) is 3.31. The molecule has 98 valence electrons. The molecule has 19 heavy (non-hydrogen) atoms. The molecule has 3 rings (SSSR count). The van der Waals surface area contributed by atoms with Crippen molar-refractivity contribution in [2.24, 2.45) is 0 Å². The van der Waals surface area contributed by atoms with Crippen molar-refractivity contribution in [1.82, 2.24) is 9.38 Å². The van der Waals surface area contributed by atoms with E-state index in [1.807, 2.05) is 40.2 Å². The molecule has 0 saturated carbocycles. The van der Waals surface area contributed by atoms with E-state index in [0.29, 0.717) is 17.4 Å². The summed E-state index contributed by atoms with van der Waals surface area (Å²) < 4.78 is 7.33. The summed E-state index contributed by atoms with van der Waals surface area (Å²) in [5, 5.41) is 6.01. The molecular weight excluding hydrogens is 282 g/mol. The first-order valence-electron chi connectivity index (χ1n) is 5.76. The second-order valence-corrected chi connectivity index (χ2v) is 5.24. The first kappa shape index (κ1) is 12.3. The topological polar surface area (TPSA) is 38.6 Å². The highest BCUT2D eigenvalue weighted by Gasteiger charge is 2.13. The number of benzene rings is 1. The Morgan fingerprint density at radius 1 is 1.42 bits per heavy atom. The van der Waals surface area contributed by atoms with Gasteiger partial charge >= 0.3 is 0 Å². The lowest BCUT2D eigenvalue weighted by Crippen LogP contribution is -2.04. The van der Waals surface area contributed by atoms with Gasteiger partial charge in [-0.2, -0.15) is 4.98 Å². The fraction of sp³-hybridized carbons (Fsp3) is 0.154. The predicted octanol–water partition coefficient (Wildman–Crippen LogP) is 3.67. The summed E-state index contributed by atoms with van der Waals surface area (Å²) in [6, 6.07) is 7.66. The van der Waals surface area contributed by atoms with Gasteiger partial charge in [-0.25, -0.2) is 0 Å². The summed E-state index contributed by atoms with van der Waals surface area (Å²) in [5.41, 5.74) is 1.88. The molecule has 2 heterocycles. The molecule has 0 atom stereocenters. The maximum absolute atomic E-state index is 6.12. The molecule has 0 unspecified atom stereocenters. The normalized spacial score (nSPS) is 10.8. The highest BCUT2D eigenvalue weighted by molar-refractivity contribution is 7.15. The zero-order chi connectivity index (χ0) is 13.2. The number of methoxy groups -OCH3 is 1. The fourth-order valence-electron chi connectivity index (χ4n) is 1.92. The van der Waals surface area contributed by atoms with Gasteiger partial charge in [0.1, 0.15) is 5.69 Å². The number of nitrogens with one attached hydrogen (secondary N) is 1. The zero-order valence-electron chi connectivity index (χ0n) is 10.3. The highest BCUT2D eigenvalue weighted by atomic mass is 35.5. The van der Waals surface area contributed by atoms with Crippen LogP contribution < -0.4 is 10.1 Å². The van der Waals surface area contributed by atoms with E-state index in [2.05, 4.69) is 10.3 Å². The highest BCUT2D eigenvalue weighted by Crippen LogP contribution is 2.26. The van der Waals surface area contributed by atoms with Crippen LogP contribution in [0.1, 0.15) is 5.69 Å². The van der Waals surface area contributed by atoms with Gasteiger partial charge in [0.25, 0.3) is 0 Å². The molecule has 3 aromatic rings. The van der Waals surface area contributed by atoms with Crippen LogP contribution in [0.3, 0.4) is 0 Å². The average molecular weight is 294 g/mol. The Hall–Kier alpha value is -1.72. The van der Waals surface area contributed by atoms with Crippen LogP contribution in [-0.2, 0) is 6.54 Å². The Balaban J connectivity index is 1.89. The van der Waals surface area contributed by atoms with Gasteiger partial charge in [0.05, 0.1) is 24.4 Å². The van der Waals surface area contributed by atoms with Crippen molar-refractivity contribution in [1.29, 1.82) is 0 Å². The standard InChI is InChI=1S/C13H12ClN3OS/c1-18-12-11(17-6-7-19-13(17)16-12)8-15-10-5-3-2-4-9(10)14/h2-7,15H,8H2,1H3. The number of hydrogen-bond donors (Lipinski definition) is 1. The fourth-order valence-corrected chi connectivity index (χ4v) is 2.85. The molecule has 1 N–H and O–H groups in total. The third-order valence-corrected chi connectivity index (χ3v) is 3.92. The van der Waals surface area contributed by atoms with E-state index in [9.17, 15) is 0 Å². The Morgan fingerprint density at radius 2 is 2.26 bits per heavy atom. The van der Waals surface area contributed by atoms with Crippen molar-refractivity contribution >= 4 is 33.6 Å². The van der Waals surface area contributed by atoms with Gasteiger partial charge in [0.2, 0.25) is 5.88 Å². The van der Waals surface area contributed by atoms with Gasteiger partial charge in [0.15, 0.2) is 4.96 Å². The van der Waals surface area contributed by atoms with Crippen molar-refractivity contribution in [2.45, 2.75) is 6.54 Å². The van der Waals surface area contributed by atoms with Crippen molar-refractivity contribution < 1.29 is 4.74 Å². The summed E-state index contributed by atoms with van der Waals surface area (Å²) in [7, 11) is 1.63. The van der Waals surface area contributed by atoms with E-state index in [1.54, 1.807) is 18.4 Å². The number of thiazole rings is 1. The molecule has 0 aliphatic heterocycles. The number of nitrogens with zero attached hydrogens (tertiary/aromatic N) is 2. The third kappa shape index (κ3) is 2.27. The molecule has 0 aliphatic rings. The molecule has 0 aliphatic carbocycles. The molecule has 1 aromatic carbocycles. The number of halogens is 1. The summed E-state index contributed by atoms with van der Waals surface area (Å²) in [6.45, 7) is 0.602. The number of para-hydroxylation sites is 1. The first-order valence-corrected chi connectivity index (χ1v) is 7.02. The predicted molar refractivity (Wildman–Crippen MR) is 78.4 cm³/mol. The van der Waals surface area contributed by atoms with Gasteiger partial charge in [-0.1, -0.05) is 23.7 Å². The molecule has 2 aromatic heterocycles. The lowest BCUT2D eigenvalue weighted by atomic mass is 10.3. The Morgan fingerprint density at radius 3 is 3.05 bits per heavy atom. The SMILES string of the molecule is COc1nc2sccn2c1CNc1ccccc1Cl. The van der Waals surface area contributed by atoms with E-state index in [1.165, 1.54) is 0 Å². The van der Waals surface area contributed by atoms with Crippen LogP contribution in [0.15, 0.2) is 35.8 Å². The van der Waals surface area contributed by atoms with Gasteiger partial charge in [-0.05, 0) is 12.1 Å². The van der Waals surface area contributed by atoms with Crippen molar-refractivity contribution in [3.8, 4) is 5.88 Å². The number of rotatable bonds is 4. The van der Waals surface area contributed by atoms with E-state index in [-0.39, 0.29) is 0 Å². The molecule has 4 nitrogen and oxygen atoms in total. The van der Waals surface area contributed by atoms with Crippen LogP contribution in [0.25, 0.3) is 4.96 Å². The zero-order valence-corrected chi connectivity index (χ0v) is 11.8. The quantitative estimate of drug-likeness (QED) is 0.797. The van der Waals surface area contributed by atoms with Gasteiger partial charge in [-0.3, -0.25) is 4.40 Å². The Labute approximate surface area is 119 Å². The molecule has 0 amide bonds. The molecule has 0 fully saturated rings. The lowest BCUT2D eigenvalue weighted by molar-refractivity contribution is 0.395. The number of ether oxygens (including phenoxy) is 1. The van der Waals surface area contributed by atoms with Crippen LogP contribution >= 0.6 is 22.9 Å². The maximum atomic E-state index is 6.12. The first-order chi connectivity index (χ1) is 9.29. The number of hydrogen-bond acceptors (Lipinski definition) is 4. The van der Waals surface area contributed by atoms with Crippen LogP contribution in [0, 0.1) is 0 Å². The van der Waals surface area contributed by atoms with Crippen LogP contribution in [-0.4, -0.2) is 16.5 Å². The van der Waals surface area contributed by atoms with E-state index in [0.717, 1.165) is 16.3 Å². The molecule has 0 spiro atoms. The Bertz CT molecular complexity index is 707. The van der Waals surface area contributed by atoms with E-state index >= 15 is 0 Å². The minimum Gasteiger partial charge on any atom is -0.480 e. The van der Waals surface area contributed by atoms with E-state index in [4.69, 9.17) is 16.3 Å². The molecule has 0 saturated heterocycles. The lowest BCUT2D eigenvalue weighted by Gasteiger charge is -2.08.